The molecule has 3 aromatic carbocycles. The molecule has 35 heavy (non-hydrogen) atoms. The third-order valence-corrected chi connectivity index (χ3v) is 5.81. The van der Waals surface area contributed by atoms with Crippen LogP contribution in [0.3, 0.4) is 0 Å². The van der Waals surface area contributed by atoms with Crippen molar-refractivity contribution < 1.29 is 19.0 Å². The summed E-state index contributed by atoms with van der Waals surface area (Å²) in [6, 6.07) is 22.0. The van der Waals surface area contributed by atoms with Crippen LogP contribution in [0.4, 0.5) is 4.39 Å². The SMILES string of the molecule is COc1ccc(-n2nc(CCC(=O)NC(CO)c3cccc(Cl)c3)cc2-c2cccc(F)c2)cc1. The van der Waals surface area contributed by atoms with Crippen molar-refractivity contribution in [1.29, 1.82) is 0 Å². The number of aryl methyl sites for hydroxylation is 1. The molecule has 180 valence electrons. The maximum Gasteiger partial charge on any atom is 0.220 e. The second kappa shape index (κ2) is 11.2. The molecule has 0 aliphatic heterocycles. The molecule has 0 aliphatic rings. The van der Waals surface area contributed by atoms with Crippen molar-refractivity contribution in [1.82, 2.24) is 15.1 Å². The molecule has 0 radical (unpaired) electrons. The molecule has 0 saturated heterocycles. The fourth-order valence-corrected chi connectivity index (χ4v) is 3.99. The van der Waals surface area contributed by atoms with E-state index in [1.165, 1.54) is 12.1 Å². The molecule has 0 bridgehead atoms. The van der Waals surface area contributed by atoms with E-state index in [9.17, 15) is 14.3 Å². The Morgan fingerprint density at radius 1 is 1.11 bits per heavy atom. The quantitative estimate of drug-likeness (QED) is 0.339. The van der Waals surface area contributed by atoms with Crippen LogP contribution in [0, 0.1) is 5.82 Å². The van der Waals surface area contributed by atoms with Crippen LogP contribution in [-0.2, 0) is 11.2 Å². The molecule has 0 aliphatic carbocycles. The molecule has 2 N–H and O–H groups in total. The molecule has 8 heteroatoms. The third-order valence-electron chi connectivity index (χ3n) is 5.57. The first-order chi connectivity index (χ1) is 17.0. The number of hydrogen-bond acceptors (Lipinski definition) is 4. The summed E-state index contributed by atoms with van der Waals surface area (Å²) in [5.74, 6) is 0.139. The molecular formula is C27H25ClFN3O3. The first kappa shape index (κ1) is 24.4. The van der Waals surface area contributed by atoms with Crippen molar-refractivity contribution in [3.8, 4) is 22.7 Å². The van der Waals surface area contributed by atoms with Crippen LogP contribution in [0.15, 0.2) is 78.9 Å². The minimum absolute atomic E-state index is 0.166. The smallest absolute Gasteiger partial charge is 0.220 e. The van der Waals surface area contributed by atoms with Gasteiger partial charge in [0.05, 0.1) is 36.8 Å². The van der Waals surface area contributed by atoms with Gasteiger partial charge in [-0.15, -0.1) is 0 Å². The molecule has 1 unspecified atom stereocenters. The molecular weight excluding hydrogens is 469 g/mol. The summed E-state index contributed by atoms with van der Waals surface area (Å²) in [7, 11) is 1.60. The second-order valence-electron chi connectivity index (χ2n) is 8.00. The maximum atomic E-state index is 13.9. The van der Waals surface area contributed by atoms with Crippen molar-refractivity contribution in [2.45, 2.75) is 18.9 Å². The Morgan fingerprint density at radius 3 is 2.57 bits per heavy atom. The van der Waals surface area contributed by atoms with Crippen molar-refractivity contribution >= 4 is 17.5 Å². The van der Waals surface area contributed by atoms with Gasteiger partial charge in [-0.1, -0.05) is 35.9 Å². The molecule has 1 atom stereocenters. The van der Waals surface area contributed by atoms with Gasteiger partial charge in [-0.25, -0.2) is 9.07 Å². The Kier molecular flexibility index (Phi) is 7.80. The number of aliphatic hydroxyl groups is 1. The molecule has 1 heterocycles. The molecule has 0 saturated carbocycles. The normalized spacial score (nSPS) is 11.8. The largest absolute Gasteiger partial charge is 0.497 e. The number of hydrogen-bond donors (Lipinski definition) is 2. The number of aliphatic hydroxyl groups excluding tert-OH is 1. The van der Waals surface area contributed by atoms with Crippen LogP contribution in [0.25, 0.3) is 16.9 Å². The Labute approximate surface area is 207 Å². The van der Waals surface area contributed by atoms with Crippen molar-refractivity contribution in [3.05, 3.63) is 101 Å². The number of nitrogens with zero attached hydrogens (tertiary/aromatic N) is 2. The number of ether oxygens (including phenoxy) is 1. The number of halogens is 2. The van der Waals surface area contributed by atoms with Gasteiger partial charge in [0.2, 0.25) is 5.91 Å². The number of amides is 1. The summed E-state index contributed by atoms with van der Waals surface area (Å²) in [5, 5.41) is 17.8. The van der Waals surface area contributed by atoms with E-state index < -0.39 is 6.04 Å². The van der Waals surface area contributed by atoms with E-state index in [-0.39, 0.29) is 24.8 Å². The fraction of sp³-hybridized carbons (Fsp3) is 0.185. The van der Waals surface area contributed by atoms with E-state index in [1.54, 1.807) is 42.1 Å². The van der Waals surface area contributed by atoms with Crippen LogP contribution in [-0.4, -0.2) is 34.5 Å². The highest BCUT2D eigenvalue weighted by Crippen LogP contribution is 2.26. The molecule has 6 nitrogen and oxygen atoms in total. The van der Waals surface area contributed by atoms with Gasteiger partial charge in [-0.05, 0) is 60.2 Å². The highest BCUT2D eigenvalue weighted by Gasteiger charge is 2.17. The molecule has 1 aromatic heterocycles. The van der Waals surface area contributed by atoms with Gasteiger partial charge in [-0.3, -0.25) is 4.79 Å². The lowest BCUT2D eigenvalue weighted by Crippen LogP contribution is -2.31. The Hall–Kier alpha value is -3.68. The van der Waals surface area contributed by atoms with Crippen LogP contribution in [0.5, 0.6) is 5.75 Å². The number of rotatable bonds is 9. The van der Waals surface area contributed by atoms with Crippen molar-refractivity contribution in [2.24, 2.45) is 0 Å². The number of nitrogens with one attached hydrogen (secondary N) is 1. The summed E-state index contributed by atoms with van der Waals surface area (Å²) < 4.78 is 20.9. The third kappa shape index (κ3) is 6.07. The predicted octanol–water partition coefficient (Wildman–Crippen LogP) is 5.12. The number of benzene rings is 3. The maximum absolute atomic E-state index is 13.9. The minimum atomic E-state index is -0.555. The average molecular weight is 494 g/mol. The van der Waals surface area contributed by atoms with Crippen molar-refractivity contribution in [3.63, 3.8) is 0 Å². The molecule has 0 spiro atoms. The van der Waals surface area contributed by atoms with Gasteiger partial charge in [0.1, 0.15) is 11.6 Å². The van der Waals surface area contributed by atoms with E-state index in [0.29, 0.717) is 34.1 Å². The molecule has 1 amide bonds. The summed E-state index contributed by atoms with van der Waals surface area (Å²) in [5.41, 5.74) is 3.56. The van der Waals surface area contributed by atoms with Crippen LogP contribution >= 0.6 is 11.6 Å². The second-order valence-corrected chi connectivity index (χ2v) is 8.44. The Morgan fingerprint density at radius 2 is 1.89 bits per heavy atom. The zero-order valence-corrected chi connectivity index (χ0v) is 19.9. The Bertz CT molecular complexity index is 1310. The van der Waals surface area contributed by atoms with E-state index in [4.69, 9.17) is 16.3 Å². The summed E-state index contributed by atoms with van der Waals surface area (Å²) >= 11 is 6.03. The standard InChI is InChI=1S/C27H25ClFN3O3/c1-35-24-11-9-23(10-12-24)32-26(19-5-3-7-21(29)15-19)16-22(31-32)8-13-27(34)30-25(17-33)18-4-2-6-20(28)14-18/h2-7,9-12,14-16,25,33H,8,13,17H2,1H3,(H,30,34). The zero-order valence-electron chi connectivity index (χ0n) is 19.1. The van der Waals surface area contributed by atoms with E-state index in [2.05, 4.69) is 10.4 Å². The van der Waals surface area contributed by atoms with E-state index in [1.807, 2.05) is 36.4 Å². The van der Waals surface area contributed by atoms with Gasteiger partial charge >= 0.3 is 0 Å². The number of carbonyl (C=O) groups is 1. The molecule has 4 rings (SSSR count). The number of aromatic nitrogens is 2. The van der Waals surface area contributed by atoms with Gasteiger partial charge < -0.3 is 15.2 Å². The van der Waals surface area contributed by atoms with Crippen LogP contribution < -0.4 is 10.1 Å². The zero-order chi connectivity index (χ0) is 24.8. The van der Waals surface area contributed by atoms with E-state index in [0.717, 1.165) is 11.3 Å². The summed E-state index contributed by atoms with van der Waals surface area (Å²) in [6.07, 6.45) is 0.532. The number of carbonyl (C=O) groups excluding carboxylic acids is 1. The lowest BCUT2D eigenvalue weighted by molar-refractivity contribution is -0.122. The van der Waals surface area contributed by atoms with Gasteiger partial charge in [0, 0.05) is 23.4 Å². The summed E-state index contributed by atoms with van der Waals surface area (Å²) in [4.78, 5) is 12.6. The highest BCUT2D eigenvalue weighted by atomic mass is 35.5. The first-order valence-electron chi connectivity index (χ1n) is 11.1. The monoisotopic (exact) mass is 493 g/mol. The molecule has 0 fully saturated rings. The first-order valence-corrected chi connectivity index (χ1v) is 11.5. The van der Waals surface area contributed by atoms with Crippen LogP contribution in [0.2, 0.25) is 5.02 Å². The predicted molar refractivity (Wildman–Crippen MR) is 133 cm³/mol. The number of methoxy groups -OCH3 is 1. The van der Waals surface area contributed by atoms with Gasteiger partial charge in [0.15, 0.2) is 0 Å². The average Bonchev–Trinajstić information content (AvgIpc) is 3.30. The minimum Gasteiger partial charge on any atom is -0.497 e. The lowest BCUT2D eigenvalue weighted by atomic mass is 10.1. The Balaban J connectivity index is 1.54. The lowest BCUT2D eigenvalue weighted by Gasteiger charge is -2.17. The van der Waals surface area contributed by atoms with Crippen LogP contribution in [0.1, 0.15) is 23.7 Å². The van der Waals surface area contributed by atoms with Gasteiger partial charge in [-0.2, -0.15) is 5.10 Å². The fourth-order valence-electron chi connectivity index (χ4n) is 3.79. The molecule has 4 aromatic rings. The highest BCUT2D eigenvalue weighted by molar-refractivity contribution is 6.30. The van der Waals surface area contributed by atoms with Gasteiger partial charge in [0.25, 0.3) is 0 Å². The van der Waals surface area contributed by atoms with Crippen molar-refractivity contribution in [2.75, 3.05) is 13.7 Å². The van der Waals surface area contributed by atoms with E-state index >= 15 is 0 Å². The topological polar surface area (TPSA) is 76.4 Å². The summed E-state index contributed by atoms with van der Waals surface area (Å²) in [6.45, 7) is -0.248.